The Kier molecular flexibility index (Phi) is 4.09. The van der Waals surface area contributed by atoms with Crippen molar-refractivity contribution in [1.29, 1.82) is 0 Å². The minimum atomic E-state index is -1.85. The molecule has 0 aromatic rings. The van der Waals surface area contributed by atoms with Crippen molar-refractivity contribution in [2.24, 2.45) is 5.41 Å². The van der Waals surface area contributed by atoms with Crippen LogP contribution in [0.1, 0.15) is 33.6 Å². The van der Waals surface area contributed by atoms with Crippen LogP contribution in [0.2, 0.25) is 14.8 Å². The van der Waals surface area contributed by atoms with E-state index in [-0.39, 0.29) is 5.41 Å². The fraction of sp³-hybridized carbons (Fsp3) is 0.643. The number of carbonyl (C=O) groups excluding carboxylic acids is 1. The van der Waals surface area contributed by atoms with Gasteiger partial charge in [0, 0.05) is 0 Å². The van der Waals surface area contributed by atoms with E-state index >= 15 is 0 Å². The van der Waals surface area contributed by atoms with Crippen LogP contribution in [-0.4, -0.2) is 24.2 Å². The number of allylic oxidation sites excluding steroid dienone is 4. The summed E-state index contributed by atoms with van der Waals surface area (Å²) in [6.45, 7) is 6.58. The summed E-state index contributed by atoms with van der Waals surface area (Å²) in [5.74, 6) is 0.297. The summed E-state index contributed by atoms with van der Waals surface area (Å²) < 4.78 is 1.61. The zero-order valence-electron chi connectivity index (χ0n) is 11.5. The molecule has 1 rings (SSSR count). The molecular weight excluding hydrogens is 303 g/mol. The van der Waals surface area contributed by atoms with Crippen LogP contribution >= 0.6 is 0 Å². The molecule has 0 aliphatic heterocycles. The van der Waals surface area contributed by atoms with Crippen LogP contribution in [0.25, 0.3) is 0 Å². The zero-order chi connectivity index (χ0) is 12.6. The van der Waals surface area contributed by atoms with E-state index in [1.165, 1.54) is 5.57 Å². The van der Waals surface area contributed by atoms with Crippen LogP contribution in [-0.2, 0) is 4.79 Å². The van der Waals surface area contributed by atoms with Crippen LogP contribution in [0, 0.1) is 5.41 Å². The predicted molar refractivity (Wildman–Crippen MR) is 73.2 cm³/mol. The molecule has 1 nitrogen and oxygen atoms in total. The third kappa shape index (κ3) is 3.22. The Morgan fingerprint density at radius 1 is 1.50 bits per heavy atom. The quantitative estimate of drug-likeness (QED) is 0.713. The van der Waals surface area contributed by atoms with Gasteiger partial charge in [0.05, 0.1) is 0 Å². The van der Waals surface area contributed by atoms with E-state index in [0.29, 0.717) is 12.2 Å². The van der Waals surface area contributed by atoms with Crippen LogP contribution in [0.15, 0.2) is 21.3 Å². The van der Waals surface area contributed by atoms with Gasteiger partial charge in [0.15, 0.2) is 0 Å². The second-order valence-corrected chi connectivity index (χ2v) is 21.5. The van der Waals surface area contributed by atoms with E-state index in [2.05, 4.69) is 41.7 Å². The number of hydrogen-bond acceptors (Lipinski definition) is 1. The summed E-state index contributed by atoms with van der Waals surface area (Å²) in [5.41, 5.74) is 1.35. The molecule has 1 atom stereocenters. The van der Waals surface area contributed by atoms with Gasteiger partial charge < -0.3 is 0 Å². The van der Waals surface area contributed by atoms with Gasteiger partial charge in [-0.1, -0.05) is 0 Å². The molecule has 0 heterocycles. The van der Waals surface area contributed by atoms with Gasteiger partial charge in [0.2, 0.25) is 0 Å². The number of hydrogen-bond donors (Lipinski definition) is 0. The second kappa shape index (κ2) is 4.67. The van der Waals surface area contributed by atoms with Gasteiger partial charge in [-0.3, -0.25) is 0 Å². The van der Waals surface area contributed by atoms with E-state index < -0.39 is 18.4 Å². The topological polar surface area (TPSA) is 17.1 Å². The van der Waals surface area contributed by atoms with Crippen molar-refractivity contribution in [1.82, 2.24) is 0 Å². The molecule has 2 heteroatoms. The van der Waals surface area contributed by atoms with Crippen LogP contribution in [0.3, 0.4) is 0 Å². The maximum absolute atomic E-state index is 11.4. The molecule has 1 aliphatic rings. The number of carbonyl (C=O) groups is 1. The van der Waals surface area contributed by atoms with Crippen LogP contribution in [0.5, 0.6) is 0 Å². The molecule has 0 radical (unpaired) electrons. The monoisotopic (exact) mass is 328 g/mol. The Morgan fingerprint density at radius 2 is 2.06 bits per heavy atom. The summed E-state index contributed by atoms with van der Waals surface area (Å²) in [4.78, 5) is 18.7. The number of rotatable bonds is 3. The molecule has 1 aliphatic carbocycles. The summed E-state index contributed by atoms with van der Waals surface area (Å²) in [7, 11) is 0. The summed E-state index contributed by atoms with van der Waals surface area (Å²) >= 11 is -1.85. The predicted octanol–water partition coefficient (Wildman–Crippen LogP) is 4.13. The van der Waals surface area contributed by atoms with Gasteiger partial charge >= 0.3 is 104 Å². The Balaban J connectivity index is 2.77. The minimum absolute atomic E-state index is 0.0927. The van der Waals surface area contributed by atoms with Crippen molar-refractivity contribution < 1.29 is 4.79 Å². The normalized spacial score (nSPS) is 27.2. The van der Waals surface area contributed by atoms with Gasteiger partial charge in [-0.25, -0.2) is 0 Å². The molecule has 0 aromatic carbocycles. The first-order chi connectivity index (χ1) is 7.15. The molecule has 90 valence electrons. The van der Waals surface area contributed by atoms with Crippen molar-refractivity contribution in [3.63, 3.8) is 0 Å². The van der Waals surface area contributed by atoms with Gasteiger partial charge in [-0.15, -0.1) is 0 Å². The van der Waals surface area contributed by atoms with Crippen molar-refractivity contribution in [3.8, 4) is 0 Å². The second-order valence-electron chi connectivity index (χ2n) is 6.37. The zero-order valence-corrected chi connectivity index (χ0v) is 14.3. The Morgan fingerprint density at radius 3 is 2.44 bits per heavy atom. The fourth-order valence-corrected chi connectivity index (χ4v) is 3.95. The SMILES string of the molecule is CC1=CC(=O)CC1(C)C/C=[C](\C)[Sn]([CH3])([CH3])[CH3]. The van der Waals surface area contributed by atoms with Crippen LogP contribution in [0.4, 0.5) is 0 Å². The molecule has 0 saturated heterocycles. The molecule has 0 bridgehead atoms. The van der Waals surface area contributed by atoms with E-state index in [1.54, 1.807) is 3.59 Å². The molecule has 1 unspecified atom stereocenters. The molecule has 0 spiro atoms. The molecule has 0 saturated carbocycles. The molecule has 16 heavy (non-hydrogen) atoms. The Bertz CT molecular complexity index is 357. The Labute approximate surface area is 104 Å². The van der Waals surface area contributed by atoms with Crippen LogP contribution < -0.4 is 0 Å². The number of ketones is 1. The summed E-state index contributed by atoms with van der Waals surface area (Å²) in [6.07, 6.45) is 5.94. The van der Waals surface area contributed by atoms with Crippen molar-refractivity contribution in [2.45, 2.75) is 48.4 Å². The first-order valence-electron chi connectivity index (χ1n) is 6.04. The first kappa shape index (κ1) is 14.0. The molecular formula is C14H24OSn. The van der Waals surface area contributed by atoms with Crippen molar-refractivity contribution >= 4 is 24.2 Å². The van der Waals surface area contributed by atoms with E-state index in [0.717, 1.165) is 6.42 Å². The Hall–Kier alpha value is -0.0513. The van der Waals surface area contributed by atoms with Crippen molar-refractivity contribution in [2.75, 3.05) is 0 Å². The average Bonchev–Trinajstić information content (AvgIpc) is 2.35. The fourth-order valence-electron chi connectivity index (χ4n) is 1.91. The van der Waals surface area contributed by atoms with E-state index in [1.807, 2.05) is 6.08 Å². The van der Waals surface area contributed by atoms with Gasteiger partial charge in [-0.2, -0.15) is 0 Å². The van der Waals surface area contributed by atoms with Gasteiger partial charge in [0.1, 0.15) is 0 Å². The van der Waals surface area contributed by atoms with Gasteiger partial charge in [0.25, 0.3) is 0 Å². The van der Waals surface area contributed by atoms with E-state index in [9.17, 15) is 4.79 Å². The van der Waals surface area contributed by atoms with E-state index in [4.69, 9.17) is 0 Å². The molecule has 0 amide bonds. The third-order valence-electron chi connectivity index (χ3n) is 3.94. The average molecular weight is 327 g/mol. The summed E-state index contributed by atoms with van der Waals surface area (Å²) in [6, 6.07) is 0. The van der Waals surface area contributed by atoms with Gasteiger partial charge in [-0.05, 0) is 0 Å². The van der Waals surface area contributed by atoms with Crippen molar-refractivity contribution in [3.05, 3.63) is 21.3 Å². The summed E-state index contributed by atoms with van der Waals surface area (Å²) in [5, 5.41) is 0. The first-order valence-corrected chi connectivity index (χ1v) is 16.0. The molecule has 0 aromatic heterocycles. The third-order valence-corrected chi connectivity index (χ3v) is 11.3. The molecule has 0 fully saturated rings. The molecule has 0 N–H and O–H groups in total. The standard InChI is InChI=1S/C11H15O.3CH3.Sn/c1-4-5-6-11(3)8-10(12)7-9(11)2;;;;/h5,7H,6,8H2,1-3H3;3*1H3;. The maximum atomic E-state index is 11.4.